The molecule has 10 nitrogen and oxygen atoms in total. The van der Waals surface area contributed by atoms with Gasteiger partial charge < -0.3 is 30.5 Å². The molecule has 1 saturated heterocycles. The second kappa shape index (κ2) is 15.7. The third kappa shape index (κ3) is 11.7. The Morgan fingerprint density at radius 1 is 0.886 bits per heavy atom. The Bertz CT molecular complexity index is 787. The Balaban J connectivity index is 0.000000599. The van der Waals surface area contributed by atoms with Crippen molar-refractivity contribution in [2.24, 2.45) is 5.92 Å². The molecule has 2 fully saturated rings. The van der Waals surface area contributed by atoms with E-state index >= 15 is 0 Å². The number of rotatable bonds is 1. The molecule has 5 N–H and O–H groups in total. The highest BCUT2D eigenvalue weighted by Crippen LogP contribution is 2.54. The fourth-order valence-electron chi connectivity index (χ4n) is 5.03. The summed E-state index contributed by atoms with van der Waals surface area (Å²) < 4.78 is 5.48. The molecule has 0 aromatic heterocycles. The van der Waals surface area contributed by atoms with E-state index in [4.69, 9.17) is 44.3 Å². The molecule has 3 aliphatic rings. The minimum atomic E-state index is -0.833. The van der Waals surface area contributed by atoms with Crippen molar-refractivity contribution in [1.29, 1.82) is 0 Å². The standard InChI is InChI=1S/C17H23NO.4C2H4O2/c1-19-13-6-5-12-10-16-14-4-2-3-7-17(14,8-9-18-16)15(12)11-13;4*1-2(3)4/h5-6,11,14,16,18H,2-4,7-10H2,1H3;4*1H3,(H,3,4)/t14-,16+,17+;;;;/m0..../s1. The molecule has 1 heterocycles. The van der Waals surface area contributed by atoms with E-state index in [9.17, 15) is 0 Å². The zero-order valence-corrected chi connectivity index (χ0v) is 21.2. The lowest BCUT2D eigenvalue weighted by Crippen LogP contribution is -2.59. The van der Waals surface area contributed by atoms with Crippen molar-refractivity contribution in [3.8, 4) is 5.75 Å². The molecule has 10 heteroatoms. The van der Waals surface area contributed by atoms with Gasteiger partial charge in [-0.3, -0.25) is 19.2 Å². The maximum Gasteiger partial charge on any atom is 0.300 e. The number of nitrogens with one attached hydrogen (secondary N) is 1. The lowest BCUT2D eigenvalue weighted by Gasteiger charge is -2.56. The third-order valence-corrected chi connectivity index (χ3v) is 5.85. The van der Waals surface area contributed by atoms with E-state index < -0.39 is 23.9 Å². The number of ether oxygens (including phenoxy) is 1. The van der Waals surface area contributed by atoms with E-state index in [-0.39, 0.29) is 0 Å². The number of piperidine rings is 1. The topological polar surface area (TPSA) is 170 Å². The molecule has 1 aromatic rings. The lowest BCUT2D eigenvalue weighted by molar-refractivity contribution is -0.135. The molecule has 0 unspecified atom stereocenters. The van der Waals surface area contributed by atoms with Gasteiger partial charge >= 0.3 is 0 Å². The van der Waals surface area contributed by atoms with Crippen LogP contribution < -0.4 is 10.1 Å². The number of methoxy groups -OCH3 is 1. The van der Waals surface area contributed by atoms with Gasteiger partial charge in [-0.2, -0.15) is 0 Å². The second-order valence-electron chi connectivity index (χ2n) is 8.62. The van der Waals surface area contributed by atoms with E-state index in [2.05, 4.69) is 23.5 Å². The van der Waals surface area contributed by atoms with Crippen LogP contribution in [0.1, 0.15) is 70.9 Å². The van der Waals surface area contributed by atoms with Crippen LogP contribution >= 0.6 is 0 Å². The molecular formula is C25H39NO9. The smallest absolute Gasteiger partial charge is 0.300 e. The number of hydrogen-bond acceptors (Lipinski definition) is 6. The Kier molecular flexibility index (Phi) is 14.3. The van der Waals surface area contributed by atoms with Gasteiger partial charge in [0.1, 0.15) is 5.75 Å². The Morgan fingerprint density at radius 2 is 1.40 bits per heavy atom. The van der Waals surface area contributed by atoms with Crippen molar-refractivity contribution in [2.75, 3.05) is 13.7 Å². The van der Waals surface area contributed by atoms with Crippen LogP contribution in [0.3, 0.4) is 0 Å². The van der Waals surface area contributed by atoms with Gasteiger partial charge in [0.05, 0.1) is 7.11 Å². The first-order valence-electron chi connectivity index (χ1n) is 11.5. The summed E-state index contributed by atoms with van der Waals surface area (Å²) in [6, 6.07) is 7.50. The molecule has 2 aliphatic carbocycles. The van der Waals surface area contributed by atoms with E-state index in [0.717, 1.165) is 45.4 Å². The quantitative estimate of drug-likeness (QED) is 0.387. The number of carboxylic acids is 4. The highest BCUT2D eigenvalue weighted by molar-refractivity contribution is 5.63. The van der Waals surface area contributed by atoms with Crippen molar-refractivity contribution >= 4 is 23.9 Å². The minimum Gasteiger partial charge on any atom is -0.497 e. The van der Waals surface area contributed by atoms with E-state index in [1.165, 1.54) is 45.1 Å². The van der Waals surface area contributed by atoms with Crippen LogP contribution in [0.2, 0.25) is 0 Å². The van der Waals surface area contributed by atoms with Gasteiger partial charge in [-0.05, 0) is 61.4 Å². The van der Waals surface area contributed by atoms with Crippen molar-refractivity contribution < 1.29 is 44.3 Å². The van der Waals surface area contributed by atoms with Crippen molar-refractivity contribution in [2.45, 2.75) is 77.7 Å². The first-order valence-corrected chi connectivity index (χ1v) is 11.5. The average molecular weight is 498 g/mol. The van der Waals surface area contributed by atoms with Crippen LogP contribution in [0, 0.1) is 5.92 Å². The summed E-state index contributed by atoms with van der Waals surface area (Å²) in [5, 5.41) is 33.4. The van der Waals surface area contributed by atoms with Gasteiger partial charge in [0, 0.05) is 39.2 Å². The monoisotopic (exact) mass is 497 g/mol. The molecule has 2 bridgehead atoms. The fourth-order valence-corrected chi connectivity index (χ4v) is 5.03. The maximum absolute atomic E-state index is 9.00. The number of benzene rings is 1. The average Bonchev–Trinajstić information content (AvgIpc) is 2.72. The molecule has 4 rings (SSSR count). The number of carboxylic acid groups (broad SMARTS) is 4. The first-order chi connectivity index (χ1) is 16.3. The zero-order valence-electron chi connectivity index (χ0n) is 21.2. The normalized spacial score (nSPS) is 22.5. The van der Waals surface area contributed by atoms with E-state index in [1.54, 1.807) is 18.2 Å². The summed E-state index contributed by atoms with van der Waals surface area (Å²) in [5.74, 6) is -1.44. The minimum absolute atomic E-state index is 0.455. The van der Waals surface area contributed by atoms with Crippen LogP contribution in [-0.4, -0.2) is 64.0 Å². The van der Waals surface area contributed by atoms with Crippen molar-refractivity contribution in [3.63, 3.8) is 0 Å². The lowest BCUT2D eigenvalue weighted by atomic mass is 9.53. The molecule has 3 atom stereocenters. The summed E-state index contributed by atoms with van der Waals surface area (Å²) in [5.41, 5.74) is 3.64. The van der Waals surface area contributed by atoms with Gasteiger partial charge in [-0.1, -0.05) is 18.9 Å². The highest BCUT2D eigenvalue weighted by atomic mass is 16.5. The molecule has 0 amide bonds. The molecule has 198 valence electrons. The van der Waals surface area contributed by atoms with Crippen molar-refractivity contribution in [1.82, 2.24) is 5.32 Å². The molecule has 0 radical (unpaired) electrons. The SMILES string of the molecule is CC(=O)O.CC(=O)O.CC(=O)O.CC(=O)O.COc1ccc2c(c1)[C@@]13CCCC[C@H]1[C@@H](C2)NCC3. The van der Waals surface area contributed by atoms with Gasteiger partial charge in [0.2, 0.25) is 0 Å². The van der Waals surface area contributed by atoms with Crippen LogP contribution in [0.15, 0.2) is 18.2 Å². The Hall–Kier alpha value is -3.14. The largest absolute Gasteiger partial charge is 0.497 e. The fraction of sp³-hybridized carbons (Fsp3) is 0.600. The molecule has 1 aromatic carbocycles. The highest BCUT2D eigenvalue weighted by Gasteiger charge is 2.51. The predicted molar refractivity (Wildman–Crippen MR) is 130 cm³/mol. The van der Waals surface area contributed by atoms with Gasteiger partial charge in [-0.25, -0.2) is 0 Å². The number of carbonyl (C=O) groups is 4. The summed E-state index contributed by atoms with van der Waals surface area (Å²) >= 11 is 0. The Labute approximate surface area is 206 Å². The van der Waals surface area contributed by atoms with Crippen molar-refractivity contribution in [3.05, 3.63) is 29.3 Å². The van der Waals surface area contributed by atoms with Crippen LogP contribution in [0.5, 0.6) is 5.75 Å². The molecule has 1 aliphatic heterocycles. The van der Waals surface area contributed by atoms with Gasteiger partial charge in [0.25, 0.3) is 23.9 Å². The number of aliphatic carboxylic acids is 4. The molecule has 35 heavy (non-hydrogen) atoms. The van der Waals surface area contributed by atoms with Crippen LogP contribution in [0.4, 0.5) is 0 Å². The third-order valence-electron chi connectivity index (χ3n) is 5.85. The van der Waals surface area contributed by atoms with Crippen LogP contribution in [-0.2, 0) is 31.0 Å². The summed E-state index contributed by atoms with van der Waals surface area (Å²) in [7, 11) is 1.78. The summed E-state index contributed by atoms with van der Waals surface area (Å²) in [6.45, 7) is 5.53. The first kappa shape index (κ1) is 31.9. The number of hydrogen-bond donors (Lipinski definition) is 5. The second-order valence-corrected chi connectivity index (χ2v) is 8.62. The van der Waals surface area contributed by atoms with Gasteiger partial charge in [0.15, 0.2) is 0 Å². The maximum atomic E-state index is 9.00. The summed E-state index contributed by atoms with van der Waals surface area (Å²) in [6.07, 6.45) is 8.15. The van der Waals surface area contributed by atoms with E-state index in [1.807, 2.05) is 0 Å². The Morgan fingerprint density at radius 3 is 1.89 bits per heavy atom. The van der Waals surface area contributed by atoms with Crippen LogP contribution in [0.25, 0.3) is 0 Å². The molecule has 1 saturated carbocycles. The van der Waals surface area contributed by atoms with Gasteiger partial charge in [-0.15, -0.1) is 0 Å². The predicted octanol–water partition coefficient (Wildman–Crippen LogP) is 3.40. The van der Waals surface area contributed by atoms with E-state index in [0.29, 0.717) is 5.41 Å². The number of fused-ring (bicyclic) bond motifs is 1. The summed E-state index contributed by atoms with van der Waals surface area (Å²) in [4.78, 5) is 36.0. The zero-order chi connectivity index (χ0) is 27.2. The molecule has 0 spiro atoms. The molecular weight excluding hydrogens is 458 g/mol.